The molecule has 5 rings (SSSR count). The van der Waals surface area contributed by atoms with E-state index in [2.05, 4.69) is 69.2 Å². The van der Waals surface area contributed by atoms with Gasteiger partial charge < -0.3 is 4.90 Å². The Hall–Kier alpha value is -3.48. The van der Waals surface area contributed by atoms with Crippen LogP contribution in [-0.4, -0.2) is 63.0 Å². The zero-order valence-corrected chi connectivity index (χ0v) is 19.1. The van der Waals surface area contributed by atoms with Gasteiger partial charge in [0.25, 0.3) is 0 Å². The molecular formula is C27H28N6. The first-order valence-corrected chi connectivity index (χ1v) is 11.3. The van der Waals surface area contributed by atoms with Crippen LogP contribution in [0, 0.1) is 0 Å². The van der Waals surface area contributed by atoms with E-state index < -0.39 is 0 Å². The molecule has 0 N–H and O–H groups in total. The average Bonchev–Trinajstić information content (AvgIpc) is 3.34. The number of likely N-dealkylation sites (tertiary alicyclic amines) is 1. The summed E-state index contributed by atoms with van der Waals surface area (Å²) in [5.41, 5.74) is 6.14. The van der Waals surface area contributed by atoms with Crippen LogP contribution in [0.1, 0.15) is 12.0 Å². The van der Waals surface area contributed by atoms with Gasteiger partial charge in [0.15, 0.2) is 5.82 Å². The van der Waals surface area contributed by atoms with Crippen LogP contribution in [0.15, 0.2) is 79.4 Å². The van der Waals surface area contributed by atoms with Gasteiger partial charge in [0.05, 0.1) is 5.69 Å². The molecule has 6 nitrogen and oxygen atoms in total. The number of nitrogens with zero attached hydrogens (tertiary/aromatic N) is 6. The van der Waals surface area contributed by atoms with Crippen molar-refractivity contribution in [3.63, 3.8) is 0 Å². The first kappa shape index (κ1) is 21.4. The minimum absolute atomic E-state index is 0.613. The van der Waals surface area contributed by atoms with Crippen molar-refractivity contribution < 1.29 is 0 Å². The van der Waals surface area contributed by atoms with Crippen LogP contribution in [0.2, 0.25) is 0 Å². The second kappa shape index (κ2) is 9.57. The van der Waals surface area contributed by atoms with Crippen LogP contribution in [0.3, 0.4) is 0 Å². The zero-order chi connectivity index (χ0) is 22.6. The third kappa shape index (κ3) is 4.97. The second-order valence-electron chi connectivity index (χ2n) is 8.78. The highest BCUT2D eigenvalue weighted by molar-refractivity contribution is 5.71. The second-order valence-corrected chi connectivity index (χ2v) is 8.78. The molecule has 0 bridgehead atoms. The molecule has 1 saturated heterocycles. The Bertz CT molecular complexity index is 1220. The molecule has 1 unspecified atom stereocenters. The van der Waals surface area contributed by atoms with Crippen molar-refractivity contribution in [3.8, 4) is 33.9 Å². The Morgan fingerprint density at radius 3 is 2.61 bits per heavy atom. The predicted octanol–water partition coefficient (Wildman–Crippen LogP) is 4.40. The molecule has 1 aromatic carbocycles. The van der Waals surface area contributed by atoms with Crippen LogP contribution >= 0.6 is 0 Å². The number of hydrogen-bond acceptors (Lipinski definition) is 6. The van der Waals surface area contributed by atoms with Crippen molar-refractivity contribution >= 4 is 0 Å². The molecular weight excluding hydrogens is 408 g/mol. The molecule has 33 heavy (non-hydrogen) atoms. The molecule has 6 heteroatoms. The molecule has 0 spiro atoms. The fourth-order valence-electron chi connectivity index (χ4n) is 4.36. The zero-order valence-electron chi connectivity index (χ0n) is 19.1. The molecule has 3 aromatic heterocycles. The predicted molar refractivity (Wildman–Crippen MR) is 131 cm³/mol. The van der Waals surface area contributed by atoms with Gasteiger partial charge in [0.1, 0.15) is 5.69 Å². The summed E-state index contributed by atoms with van der Waals surface area (Å²) in [6.45, 7) is 3.25. The number of likely N-dealkylation sites (N-methyl/N-ethyl adjacent to an activating group) is 1. The number of pyridine rings is 2. The Morgan fingerprint density at radius 1 is 0.879 bits per heavy atom. The first-order chi connectivity index (χ1) is 16.2. The van der Waals surface area contributed by atoms with Gasteiger partial charge in [-0.25, -0.2) is 9.97 Å². The minimum Gasteiger partial charge on any atom is -0.305 e. The van der Waals surface area contributed by atoms with Crippen molar-refractivity contribution in [1.82, 2.24) is 29.7 Å². The van der Waals surface area contributed by atoms with Crippen LogP contribution < -0.4 is 0 Å². The number of rotatable bonds is 6. The molecule has 0 aliphatic carbocycles. The van der Waals surface area contributed by atoms with E-state index in [9.17, 15) is 0 Å². The van der Waals surface area contributed by atoms with E-state index in [0.717, 1.165) is 42.1 Å². The molecule has 0 radical (unpaired) electrons. The molecule has 0 amide bonds. The standard InChI is InChI=1S/C27H28N6/c1-32(2)24-10-13-33(19-24)18-20-6-5-7-21(14-20)22-15-23(17-28-16-22)25-9-12-30-27(31-25)26-8-3-4-11-29-26/h3-9,11-12,14-17,24H,10,13,18-19H2,1-2H3. The van der Waals surface area contributed by atoms with Gasteiger partial charge in [0, 0.05) is 61.6 Å². The van der Waals surface area contributed by atoms with Crippen molar-refractivity contribution in [2.75, 3.05) is 27.2 Å². The van der Waals surface area contributed by atoms with Gasteiger partial charge in [-0.1, -0.05) is 24.3 Å². The minimum atomic E-state index is 0.613. The fraction of sp³-hybridized carbons (Fsp3) is 0.259. The maximum Gasteiger partial charge on any atom is 0.178 e. The highest BCUT2D eigenvalue weighted by Gasteiger charge is 2.23. The summed E-state index contributed by atoms with van der Waals surface area (Å²) in [5.74, 6) is 0.613. The molecule has 4 heterocycles. The lowest BCUT2D eigenvalue weighted by molar-refractivity contribution is 0.264. The van der Waals surface area contributed by atoms with E-state index >= 15 is 0 Å². The lowest BCUT2D eigenvalue weighted by atomic mass is 10.0. The lowest BCUT2D eigenvalue weighted by Crippen LogP contribution is -2.31. The summed E-state index contributed by atoms with van der Waals surface area (Å²) < 4.78 is 0. The molecule has 1 fully saturated rings. The maximum atomic E-state index is 4.73. The van der Waals surface area contributed by atoms with Gasteiger partial charge in [-0.05, 0) is 62.0 Å². The summed E-state index contributed by atoms with van der Waals surface area (Å²) in [6.07, 6.45) is 8.53. The van der Waals surface area contributed by atoms with E-state index in [4.69, 9.17) is 4.98 Å². The smallest absolute Gasteiger partial charge is 0.178 e. The fourth-order valence-corrected chi connectivity index (χ4v) is 4.36. The molecule has 166 valence electrons. The van der Waals surface area contributed by atoms with Gasteiger partial charge in [-0.15, -0.1) is 0 Å². The summed E-state index contributed by atoms with van der Waals surface area (Å²) in [5, 5.41) is 0. The third-order valence-corrected chi connectivity index (χ3v) is 6.23. The Labute approximate surface area is 195 Å². The molecule has 1 aliphatic rings. The van der Waals surface area contributed by atoms with Crippen LogP contribution in [-0.2, 0) is 6.54 Å². The summed E-state index contributed by atoms with van der Waals surface area (Å²) >= 11 is 0. The van der Waals surface area contributed by atoms with Crippen molar-refractivity contribution in [3.05, 3.63) is 84.9 Å². The number of hydrogen-bond donors (Lipinski definition) is 0. The van der Waals surface area contributed by atoms with Crippen LogP contribution in [0.4, 0.5) is 0 Å². The quantitative estimate of drug-likeness (QED) is 0.446. The number of benzene rings is 1. The summed E-state index contributed by atoms with van der Waals surface area (Å²) in [6, 6.07) is 19.2. The molecule has 4 aromatic rings. The lowest BCUT2D eigenvalue weighted by Gasteiger charge is -2.20. The monoisotopic (exact) mass is 436 g/mol. The topological polar surface area (TPSA) is 58.0 Å². The van der Waals surface area contributed by atoms with E-state index in [1.54, 1.807) is 12.4 Å². The third-order valence-electron chi connectivity index (χ3n) is 6.23. The largest absolute Gasteiger partial charge is 0.305 e. The van der Waals surface area contributed by atoms with E-state index in [1.807, 2.05) is 36.7 Å². The van der Waals surface area contributed by atoms with Crippen LogP contribution in [0.5, 0.6) is 0 Å². The average molecular weight is 437 g/mol. The van der Waals surface area contributed by atoms with E-state index in [-0.39, 0.29) is 0 Å². The maximum absolute atomic E-state index is 4.73. The van der Waals surface area contributed by atoms with Gasteiger partial charge >= 0.3 is 0 Å². The highest BCUT2D eigenvalue weighted by atomic mass is 15.2. The summed E-state index contributed by atoms with van der Waals surface area (Å²) in [4.78, 5) is 22.9. The van der Waals surface area contributed by atoms with Gasteiger partial charge in [-0.2, -0.15) is 0 Å². The Kier molecular flexibility index (Phi) is 6.19. The van der Waals surface area contributed by atoms with Crippen molar-refractivity contribution in [1.29, 1.82) is 0 Å². The van der Waals surface area contributed by atoms with Crippen LogP contribution in [0.25, 0.3) is 33.9 Å². The van der Waals surface area contributed by atoms with Crippen molar-refractivity contribution in [2.45, 2.75) is 19.0 Å². The van der Waals surface area contributed by atoms with E-state index in [1.165, 1.54) is 17.5 Å². The highest BCUT2D eigenvalue weighted by Crippen LogP contribution is 2.26. The normalized spacial score (nSPS) is 16.4. The first-order valence-electron chi connectivity index (χ1n) is 11.3. The summed E-state index contributed by atoms with van der Waals surface area (Å²) in [7, 11) is 4.34. The van der Waals surface area contributed by atoms with Crippen molar-refractivity contribution in [2.24, 2.45) is 0 Å². The van der Waals surface area contributed by atoms with Gasteiger partial charge in [-0.3, -0.25) is 14.9 Å². The molecule has 1 atom stereocenters. The number of aromatic nitrogens is 4. The molecule has 1 aliphatic heterocycles. The Balaban J connectivity index is 1.37. The SMILES string of the molecule is CN(C)C1CCN(Cc2cccc(-c3cncc(-c4ccnc(-c5ccccn5)n4)c3)c2)C1. The molecule has 0 saturated carbocycles. The van der Waals surface area contributed by atoms with Gasteiger partial charge in [0.2, 0.25) is 0 Å². The van der Waals surface area contributed by atoms with E-state index in [0.29, 0.717) is 11.9 Å². The Morgan fingerprint density at radius 2 is 1.79 bits per heavy atom.